The molecule has 0 aliphatic heterocycles. The Balaban J connectivity index is 1.54. The van der Waals surface area contributed by atoms with Crippen LogP contribution >= 0.6 is 11.8 Å². The van der Waals surface area contributed by atoms with Crippen LogP contribution in [-0.4, -0.2) is 43.8 Å². The van der Waals surface area contributed by atoms with Crippen LogP contribution in [0.15, 0.2) is 108 Å². The Morgan fingerprint density at radius 2 is 1.57 bits per heavy atom. The Morgan fingerprint density at radius 1 is 0.804 bits per heavy atom. The number of rotatable bonds is 14. The highest BCUT2D eigenvalue weighted by molar-refractivity contribution is 8.00. The number of nitrogens with one attached hydrogen (secondary N) is 3. The van der Waals surface area contributed by atoms with Crippen molar-refractivity contribution in [3.05, 3.63) is 114 Å². The van der Waals surface area contributed by atoms with E-state index in [-0.39, 0.29) is 11.6 Å². The van der Waals surface area contributed by atoms with Crippen LogP contribution in [0, 0.1) is 0 Å². The molecule has 4 aromatic rings. The molecule has 0 radical (unpaired) electrons. The maximum atomic E-state index is 13.6. The largest absolute Gasteiger partial charge is 0.497 e. The summed E-state index contributed by atoms with van der Waals surface area (Å²) >= 11 is 1.37. The summed E-state index contributed by atoms with van der Waals surface area (Å²) in [6, 6.07) is 28.3. The third-order valence-electron chi connectivity index (χ3n) is 6.75. The number of methoxy groups -OCH3 is 2. The lowest BCUT2D eigenvalue weighted by molar-refractivity contribution is -0.116. The van der Waals surface area contributed by atoms with Gasteiger partial charge in [-0.15, -0.1) is 11.8 Å². The number of para-hydroxylation sites is 1. The average molecular weight is 640 g/mol. The monoisotopic (exact) mass is 639 g/mol. The van der Waals surface area contributed by atoms with E-state index in [1.54, 1.807) is 86.0 Å². The molecule has 0 spiro atoms. The lowest BCUT2D eigenvalue weighted by atomic mass is 10.1. The van der Waals surface area contributed by atoms with Crippen LogP contribution in [-0.2, 0) is 9.59 Å². The van der Waals surface area contributed by atoms with Gasteiger partial charge in [-0.3, -0.25) is 14.4 Å². The summed E-state index contributed by atoms with van der Waals surface area (Å²) in [6.45, 7) is 4.24. The van der Waals surface area contributed by atoms with Crippen molar-refractivity contribution in [2.75, 3.05) is 31.5 Å². The van der Waals surface area contributed by atoms with Crippen molar-refractivity contribution in [2.45, 2.75) is 30.4 Å². The van der Waals surface area contributed by atoms with Gasteiger partial charge in [0.25, 0.3) is 11.8 Å². The number of thioether (sulfide) groups is 1. The fraction of sp³-hybridized carbons (Fsp3) is 0.194. The Labute approximate surface area is 273 Å². The smallest absolute Gasteiger partial charge is 0.272 e. The van der Waals surface area contributed by atoms with Crippen molar-refractivity contribution in [2.24, 2.45) is 0 Å². The molecule has 0 bridgehead atoms. The predicted molar refractivity (Wildman–Crippen MR) is 183 cm³/mol. The lowest BCUT2D eigenvalue weighted by Gasteiger charge is -2.17. The summed E-state index contributed by atoms with van der Waals surface area (Å²) < 4.78 is 16.4. The Kier molecular flexibility index (Phi) is 12.3. The molecule has 0 aliphatic carbocycles. The second-order valence-corrected chi connectivity index (χ2v) is 11.2. The van der Waals surface area contributed by atoms with Gasteiger partial charge in [0.05, 0.1) is 31.8 Å². The highest BCUT2D eigenvalue weighted by Gasteiger charge is 2.21. The van der Waals surface area contributed by atoms with E-state index in [9.17, 15) is 14.4 Å². The molecule has 46 heavy (non-hydrogen) atoms. The molecule has 238 valence electrons. The van der Waals surface area contributed by atoms with E-state index >= 15 is 0 Å². The SMILES string of the molecule is CCOc1ccccc1/C=C(/NC(=O)c1ccccc1)C(=O)Nc1cccc(SC(CC)C(=O)Nc2cc(OC)ccc2OC)c1. The fourth-order valence-corrected chi connectivity index (χ4v) is 5.46. The van der Waals surface area contributed by atoms with Gasteiger partial charge in [0.2, 0.25) is 5.91 Å². The molecule has 10 heteroatoms. The van der Waals surface area contributed by atoms with Crippen LogP contribution in [0.25, 0.3) is 6.08 Å². The minimum atomic E-state index is -0.521. The zero-order valence-corrected chi connectivity index (χ0v) is 27.0. The normalized spacial score (nSPS) is 11.6. The summed E-state index contributed by atoms with van der Waals surface area (Å²) in [5.41, 5.74) is 2.09. The average Bonchev–Trinajstić information content (AvgIpc) is 3.08. The topological polar surface area (TPSA) is 115 Å². The number of hydrogen-bond acceptors (Lipinski definition) is 7. The van der Waals surface area contributed by atoms with Crippen LogP contribution in [0.3, 0.4) is 0 Å². The molecule has 1 atom stereocenters. The minimum Gasteiger partial charge on any atom is -0.497 e. The van der Waals surface area contributed by atoms with Gasteiger partial charge in [-0.05, 0) is 68.0 Å². The Hall–Kier alpha value is -5.22. The third-order valence-corrected chi connectivity index (χ3v) is 8.10. The molecule has 0 saturated carbocycles. The molecule has 3 amide bonds. The molecular weight excluding hydrogens is 602 g/mol. The maximum absolute atomic E-state index is 13.6. The van der Waals surface area contributed by atoms with Crippen molar-refractivity contribution in [1.29, 1.82) is 0 Å². The second kappa shape index (κ2) is 16.7. The summed E-state index contributed by atoms with van der Waals surface area (Å²) in [7, 11) is 3.09. The van der Waals surface area contributed by atoms with Crippen molar-refractivity contribution in [1.82, 2.24) is 5.32 Å². The highest BCUT2D eigenvalue weighted by atomic mass is 32.2. The first kappa shape index (κ1) is 33.7. The van der Waals surface area contributed by atoms with Crippen molar-refractivity contribution >= 4 is 46.9 Å². The number of ether oxygens (including phenoxy) is 3. The van der Waals surface area contributed by atoms with Gasteiger partial charge in [-0.1, -0.05) is 49.4 Å². The first-order valence-electron chi connectivity index (χ1n) is 14.8. The molecule has 9 nitrogen and oxygen atoms in total. The second-order valence-electron chi connectivity index (χ2n) is 9.90. The van der Waals surface area contributed by atoms with Gasteiger partial charge in [-0.25, -0.2) is 0 Å². The first-order chi connectivity index (χ1) is 22.3. The molecule has 0 heterocycles. The van der Waals surface area contributed by atoms with Crippen molar-refractivity contribution in [3.8, 4) is 17.2 Å². The van der Waals surface area contributed by atoms with Crippen molar-refractivity contribution < 1.29 is 28.6 Å². The molecule has 4 rings (SSSR count). The Bertz CT molecular complexity index is 1690. The first-order valence-corrected chi connectivity index (χ1v) is 15.6. The van der Waals surface area contributed by atoms with E-state index in [4.69, 9.17) is 14.2 Å². The molecule has 1 unspecified atom stereocenters. The van der Waals surface area contributed by atoms with Gasteiger partial charge in [0.1, 0.15) is 22.9 Å². The van der Waals surface area contributed by atoms with E-state index in [1.807, 2.05) is 38.1 Å². The van der Waals surface area contributed by atoms with E-state index in [2.05, 4.69) is 16.0 Å². The number of hydrogen-bond donors (Lipinski definition) is 3. The van der Waals surface area contributed by atoms with Crippen molar-refractivity contribution in [3.63, 3.8) is 0 Å². The number of anilines is 2. The van der Waals surface area contributed by atoms with E-state index < -0.39 is 17.1 Å². The van der Waals surface area contributed by atoms with Crippen LogP contribution in [0.2, 0.25) is 0 Å². The molecule has 0 saturated heterocycles. The molecule has 0 aliphatic rings. The summed E-state index contributed by atoms with van der Waals surface area (Å²) in [5.74, 6) is 0.548. The fourth-order valence-electron chi connectivity index (χ4n) is 4.44. The van der Waals surface area contributed by atoms with E-state index in [0.29, 0.717) is 52.8 Å². The lowest BCUT2D eigenvalue weighted by Crippen LogP contribution is -2.30. The molecule has 0 fully saturated rings. The number of carbonyl (C=O) groups excluding carboxylic acids is 3. The molecule has 0 aromatic heterocycles. The number of amides is 3. The zero-order valence-electron chi connectivity index (χ0n) is 26.2. The van der Waals surface area contributed by atoms with Gasteiger partial charge in [0.15, 0.2) is 0 Å². The number of benzene rings is 4. The standard InChI is InChI=1S/C36H37N3O6S/c1-5-33(36(42)38-29-23-27(43-3)19-20-32(29)44-4)46-28-17-12-16-26(22-28)37-35(41)30(39-34(40)24-13-8-7-9-14-24)21-25-15-10-11-18-31(25)45-6-2/h7-23,33H,5-6H2,1-4H3,(H,37,41)(H,38,42)(H,39,40)/b30-21+. The van der Waals surface area contributed by atoms with Gasteiger partial charge in [-0.2, -0.15) is 0 Å². The maximum Gasteiger partial charge on any atom is 0.272 e. The summed E-state index contributed by atoms with van der Waals surface area (Å²) in [4.78, 5) is 40.8. The summed E-state index contributed by atoms with van der Waals surface area (Å²) in [6.07, 6.45) is 2.14. The Morgan fingerprint density at radius 3 is 2.28 bits per heavy atom. The zero-order chi connectivity index (χ0) is 32.9. The summed E-state index contributed by atoms with van der Waals surface area (Å²) in [5, 5.41) is 8.16. The molecular formula is C36H37N3O6S. The quantitative estimate of drug-likeness (QED) is 0.100. The van der Waals surface area contributed by atoms with E-state index in [0.717, 1.165) is 4.90 Å². The van der Waals surface area contributed by atoms with Gasteiger partial charge < -0.3 is 30.2 Å². The predicted octanol–water partition coefficient (Wildman–Crippen LogP) is 7.02. The van der Waals surface area contributed by atoms with Gasteiger partial charge >= 0.3 is 0 Å². The van der Waals surface area contributed by atoms with E-state index in [1.165, 1.54) is 18.9 Å². The van der Waals surface area contributed by atoms with Crippen LogP contribution < -0.4 is 30.2 Å². The molecule has 4 aromatic carbocycles. The minimum absolute atomic E-state index is 0.0390. The number of carbonyl (C=O) groups is 3. The molecule has 3 N–H and O–H groups in total. The highest BCUT2D eigenvalue weighted by Crippen LogP contribution is 2.32. The van der Waals surface area contributed by atoms with Crippen LogP contribution in [0.1, 0.15) is 36.2 Å². The van der Waals surface area contributed by atoms with Gasteiger partial charge in [0, 0.05) is 27.8 Å². The van der Waals surface area contributed by atoms with Crippen LogP contribution in [0.4, 0.5) is 11.4 Å². The third kappa shape index (κ3) is 9.15. The van der Waals surface area contributed by atoms with Crippen LogP contribution in [0.5, 0.6) is 17.2 Å².